The first-order valence-electron chi connectivity index (χ1n) is 5.33. The van der Waals surface area contributed by atoms with E-state index >= 15 is 0 Å². The molecule has 0 unspecified atom stereocenters. The molecule has 0 heterocycles. The Morgan fingerprint density at radius 1 is 1.16 bits per heavy atom. The molecule has 0 aromatic heterocycles. The first-order chi connectivity index (χ1) is 8.88. The molecule has 0 aliphatic rings. The number of benzene rings is 1. The van der Waals surface area contributed by atoms with Gasteiger partial charge in [-0.2, -0.15) is 0 Å². The van der Waals surface area contributed by atoms with Gasteiger partial charge in [-0.1, -0.05) is 6.92 Å². The van der Waals surface area contributed by atoms with Gasteiger partial charge in [0, 0.05) is 12.1 Å². The zero-order chi connectivity index (χ0) is 14.6. The Morgan fingerprint density at radius 2 is 1.68 bits per heavy atom. The van der Waals surface area contributed by atoms with Gasteiger partial charge >= 0.3 is 11.9 Å². The van der Waals surface area contributed by atoms with E-state index in [1.807, 2.05) is 0 Å². The molecule has 100 valence electrons. The first kappa shape index (κ1) is 14.4. The highest BCUT2D eigenvalue weighted by Crippen LogP contribution is 2.23. The van der Waals surface area contributed by atoms with Crippen molar-refractivity contribution in [3.05, 3.63) is 45.5 Å². The van der Waals surface area contributed by atoms with Crippen LogP contribution in [0.25, 0.3) is 5.57 Å². The summed E-state index contributed by atoms with van der Waals surface area (Å²) in [6.07, 6.45) is 0.0357. The van der Waals surface area contributed by atoms with Crippen LogP contribution in [-0.4, -0.2) is 27.1 Å². The highest BCUT2D eigenvalue weighted by Gasteiger charge is 2.21. The summed E-state index contributed by atoms with van der Waals surface area (Å²) in [4.78, 5) is 32.0. The summed E-state index contributed by atoms with van der Waals surface area (Å²) in [5, 5.41) is 28.6. The van der Waals surface area contributed by atoms with E-state index in [1.54, 1.807) is 0 Å². The molecule has 2 N–H and O–H groups in total. The molecule has 1 aromatic rings. The Balaban J connectivity index is 3.39. The normalized spacial score (nSPS) is 11.6. The van der Waals surface area contributed by atoms with E-state index in [-0.39, 0.29) is 28.8 Å². The van der Waals surface area contributed by atoms with Crippen LogP contribution in [0.5, 0.6) is 0 Å². The summed E-state index contributed by atoms with van der Waals surface area (Å²) in [5.41, 5.74) is -0.675. The molecule has 7 nitrogen and oxygen atoms in total. The lowest BCUT2D eigenvalue weighted by Crippen LogP contribution is -2.10. The van der Waals surface area contributed by atoms with Crippen molar-refractivity contribution in [2.75, 3.05) is 0 Å². The summed E-state index contributed by atoms with van der Waals surface area (Å²) in [6.45, 7) is 1.53. The van der Waals surface area contributed by atoms with Crippen molar-refractivity contribution in [2.45, 2.75) is 13.3 Å². The minimum Gasteiger partial charge on any atom is -0.478 e. The smallest absolute Gasteiger partial charge is 0.336 e. The van der Waals surface area contributed by atoms with Gasteiger partial charge in [-0.3, -0.25) is 10.1 Å². The van der Waals surface area contributed by atoms with Gasteiger partial charge in [0.25, 0.3) is 5.69 Å². The molecule has 7 heteroatoms. The summed E-state index contributed by atoms with van der Waals surface area (Å²) >= 11 is 0. The van der Waals surface area contributed by atoms with Gasteiger partial charge in [-0.15, -0.1) is 0 Å². The maximum Gasteiger partial charge on any atom is 0.336 e. The zero-order valence-electron chi connectivity index (χ0n) is 9.99. The van der Waals surface area contributed by atoms with E-state index in [0.29, 0.717) is 0 Å². The number of non-ortho nitro benzene ring substituents is 1. The summed E-state index contributed by atoms with van der Waals surface area (Å²) in [6, 6.07) is 4.71. The predicted molar refractivity (Wildman–Crippen MR) is 65.6 cm³/mol. The van der Waals surface area contributed by atoms with Crippen molar-refractivity contribution in [3.8, 4) is 0 Å². The number of carboxylic acid groups (broad SMARTS) is 2. The van der Waals surface area contributed by atoms with E-state index in [4.69, 9.17) is 10.2 Å². The topological polar surface area (TPSA) is 118 Å². The Labute approximate surface area is 107 Å². The number of nitro benzene ring substituents is 1. The zero-order valence-corrected chi connectivity index (χ0v) is 9.99. The Bertz CT molecular complexity index is 558. The minimum atomic E-state index is -1.38. The lowest BCUT2D eigenvalue weighted by Gasteiger charge is -2.07. The molecular formula is C12H11NO6. The van der Waals surface area contributed by atoms with Gasteiger partial charge in [-0.05, 0) is 24.1 Å². The van der Waals surface area contributed by atoms with E-state index in [1.165, 1.54) is 19.1 Å². The largest absolute Gasteiger partial charge is 0.478 e. The second-order valence-corrected chi connectivity index (χ2v) is 3.62. The molecule has 19 heavy (non-hydrogen) atoms. The van der Waals surface area contributed by atoms with Gasteiger partial charge in [0.05, 0.1) is 16.1 Å². The van der Waals surface area contributed by atoms with Gasteiger partial charge in [0.1, 0.15) is 0 Å². The lowest BCUT2D eigenvalue weighted by molar-refractivity contribution is -0.384. The standard InChI is InChI=1S/C12H11NO6/c1-2-9(11(14)15)10(12(16)17)7-3-5-8(6-4-7)13(18)19/h3-6H,2H2,1H3,(H,14,15)(H,16,17)/b10-9+. The fourth-order valence-electron chi connectivity index (χ4n) is 1.61. The highest BCUT2D eigenvalue weighted by molar-refractivity contribution is 6.21. The maximum atomic E-state index is 11.2. The number of aliphatic carboxylic acids is 2. The van der Waals surface area contributed by atoms with Crippen LogP contribution in [0.3, 0.4) is 0 Å². The maximum absolute atomic E-state index is 11.2. The number of nitrogens with zero attached hydrogens (tertiary/aromatic N) is 1. The number of nitro groups is 1. The molecule has 0 bridgehead atoms. The average molecular weight is 265 g/mol. The average Bonchev–Trinajstić information content (AvgIpc) is 2.34. The van der Waals surface area contributed by atoms with Crippen LogP contribution in [0.4, 0.5) is 5.69 Å². The Kier molecular flexibility index (Phi) is 4.36. The third kappa shape index (κ3) is 3.15. The molecule has 0 saturated carbocycles. The third-order valence-electron chi connectivity index (χ3n) is 2.49. The van der Waals surface area contributed by atoms with Crippen molar-refractivity contribution in [2.24, 2.45) is 0 Å². The highest BCUT2D eigenvalue weighted by atomic mass is 16.6. The molecule has 1 aromatic carbocycles. The molecule has 0 aliphatic carbocycles. The lowest BCUT2D eigenvalue weighted by atomic mass is 9.98. The SMILES string of the molecule is CC/C(C(=O)O)=C(\C(=O)O)c1ccc([N+](=O)[O-])cc1. The molecular weight excluding hydrogens is 254 g/mol. The Hall–Kier alpha value is -2.70. The van der Waals surface area contributed by atoms with E-state index < -0.39 is 16.9 Å². The third-order valence-corrected chi connectivity index (χ3v) is 2.49. The van der Waals surface area contributed by atoms with Crippen molar-refractivity contribution in [1.82, 2.24) is 0 Å². The molecule has 0 spiro atoms. The van der Waals surface area contributed by atoms with Crippen LogP contribution in [0.2, 0.25) is 0 Å². The summed E-state index contributed by atoms with van der Waals surface area (Å²) in [7, 11) is 0. The first-order valence-corrected chi connectivity index (χ1v) is 5.33. The molecule has 0 saturated heterocycles. The molecule has 0 atom stereocenters. The monoisotopic (exact) mass is 265 g/mol. The summed E-state index contributed by atoms with van der Waals surface area (Å²) < 4.78 is 0. The van der Waals surface area contributed by atoms with Crippen LogP contribution in [0.15, 0.2) is 29.8 Å². The van der Waals surface area contributed by atoms with Crippen molar-refractivity contribution in [1.29, 1.82) is 0 Å². The van der Waals surface area contributed by atoms with Gasteiger partial charge in [0.2, 0.25) is 0 Å². The second kappa shape index (κ2) is 5.76. The van der Waals surface area contributed by atoms with Crippen LogP contribution < -0.4 is 0 Å². The molecule has 0 aliphatic heterocycles. The fraction of sp³-hybridized carbons (Fsp3) is 0.167. The molecule has 0 amide bonds. The van der Waals surface area contributed by atoms with Gasteiger partial charge < -0.3 is 10.2 Å². The van der Waals surface area contributed by atoms with E-state index in [0.717, 1.165) is 12.1 Å². The number of carboxylic acids is 2. The quantitative estimate of drug-likeness (QED) is 0.477. The van der Waals surface area contributed by atoms with Crippen LogP contribution in [-0.2, 0) is 9.59 Å². The van der Waals surface area contributed by atoms with Crippen LogP contribution >= 0.6 is 0 Å². The van der Waals surface area contributed by atoms with Crippen LogP contribution in [0, 0.1) is 10.1 Å². The molecule has 1 rings (SSSR count). The van der Waals surface area contributed by atoms with Gasteiger partial charge in [-0.25, -0.2) is 9.59 Å². The summed E-state index contributed by atoms with van der Waals surface area (Å²) in [5.74, 6) is -2.70. The van der Waals surface area contributed by atoms with Gasteiger partial charge in [0.15, 0.2) is 0 Å². The fourth-order valence-corrected chi connectivity index (χ4v) is 1.61. The number of hydrogen-bond acceptors (Lipinski definition) is 4. The van der Waals surface area contributed by atoms with E-state index in [2.05, 4.69) is 0 Å². The molecule has 0 radical (unpaired) electrons. The van der Waals surface area contributed by atoms with Crippen molar-refractivity contribution < 1.29 is 24.7 Å². The Morgan fingerprint density at radius 3 is 2.00 bits per heavy atom. The number of carbonyl (C=O) groups is 2. The second-order valence-electron chi connectivity index (χ2n) is 3.62. The minimum absolute atomic E-state index is 0.0357. The van der Waals surface area contributed by atoms with E-state index in [9.17, 15) is 19.7 Å². The van der Waals surface area contributed by atoms with Crippen LogP contribution in [0.1, 0.15) is 18.9 Å². The van der Waals surface area contributed by atoms with Crippen molar-refractivity contribution >= 4 is 23.2 Å². The number of rotatable bonds is 5. The predicted octanol–water partition coefficient (Wildman–Crippen LogP) is 1.93. The molecule has 0 fully saturated rings. The number of hydrogen-bond donors (Lipinski definition) is 2. The van der Waals surface area contributed by atoms with Crippen molar-refractivity contribution in [3.63, 3.8) is 0 Å².